The zero-order valence-corrected chi connectivity index (χ0v) is 14.1. The van der Waals surface area contributed by atoms with Crippen LogP contribution in [0.3, 0.4) is 0 Å². The molecule has 2 aromatic rings. The lowest BCUT2D eigenvalue weighted by Gasteiger charge is -2.17. The molecule has 0 aliphatic carbocycles. The van der Waals surface area contributed by atoms with Crippen LogP contribution in [0.15, 0.2) is 24.4 Å². The van der Waals surface area contributed by atoms with Gasteiger partial charge < -0.3 is 19.4 Å². The molecule has 0 radical (unpaired) electrons. The first-order valence-electron chi connectivity index (χ1n) is 8.41. The minimum Gasteiger partial charge on any atom is -0.491 e. The van der Waals surface area contributed by atoms with Crippen molar-refractivity contribution in [3.05, 3.63) is 24.4 Å². The van der Waals surface area contributed by atoms with Crippen molar-refractivity contribution in [3.63, 3.8) is 0 Å². The fourth-order valence-electron chi connectivity index (χ4n) is 3.18. The van der Waals surface area contributed by atoms with Gasteiger partial charge in [0.1, 0.15) is 30.8 Å². The number of rotatable bonds is 4. The molecule has 4 rings (SSSR count). The number of nitrogens with one attached hydrogen (secondary N) is 1. The molecule has 1 atom stereocenters. The Morgan fingerprint density at radius 2 is 2.23 bits per heavy atom. The first-order chi connectivity index (χ1) is 12.6. The monoisotopic (exact) mass is 364 g/mol. The summed E-state index contributed by atoms with van der Waals surface area (Å²) in [5, 5.41) is 3.22. The molecular formula is C17H18F2N4O3. The number of carbonyl (C=O) groups excluding carboxylic acids is 1. The third kappa shape index (κ3) is 2.73. The lowest BCUT2D eigenvalue weighted by Crippen LogP contribution is -2.38. The summed E-state index contributed by atoms with van der Waals surface area (Å²) in [4.78, 5) is 17.3. The largest absolute Gasteiger partial charge is 0.491 e. The second kappa shape index (κ2) is 6.47. The van der Waals surface area contributed by atoms with E-state index in [0.29, 0.717) is 24.7 Å². The van der Waals surface area contributed by atoms with Crippen LogP contribution >= 0.6 is 0 Å². The predicted octanol–water partition coefficient (Wildman–Crippen LogP) is 2.96. The second-order valence-electron chi connectivity index (χ2n) is 6.05. The van der Waals surface area contributed by atoms with Gasteiger partial charge >= 0.3 is 6.09 Å². The molecular weight excluding hydrogens is 346 g/mol. The molecule has 138 valence electrons. The molecule has 3 heterocycles. The standard InChI is InChI=1S/C17H18F2N4O3/c1-2-20-10-3-4-11-13(7-10)25-6-5-22-8-14(21-16(11)22)23-12(15(18)19)9-26-17(23)24/h3-4,7-8,12,15,20H,2,5-6,9H2,1H3/t12-/m0/s1. The summed E-state index contributed by atoms with van der Waals surface area (Å²) in [7, 11) is 0. The highest BCUT2D eigenvalue weighted by Crippen LogP contribution is 2.36. The first kappa shape index (κ1) is 16.6. The summed E-state index contributed by atoms with van der Waals surface area (Å²) >= 11 is 0. The average molecular weight is 364 g/mol. The van der Waals surface area contributed by atoms with Crippen LogP contribution in [0.25, 0.3) is 11.4 Å². The van der Waals surface area contributed by atoms with Gasteiger partial charge in [0, 0.05) is 24.5 Å². The van der Waals surface area contributed by atoms with Crippen molar-refractivity contribution in [2.45, 2.75) is 25.9 Å². The number of cyclic esters (lactones) is 1. The van der Waals surface area contributed by atoms with Crippen molar-refractivity contribution < 1.29 is 23.0 Å². The third-order valence-corrected chi connectivity index (χ3v) is 4.40. The summed E-state index contributed by atoms with van der Waals surface area (Å²) in [6.07, 6.45) is -1.92. The van der Waals surface area contributed by atoms with Crippen LogP contribution in [0.5, 0.6) is 5.75 Å². The van der Waals surface area contributed by atoms with Gasteiger partial charge in [-0.05, 0) is 19.1 Å². The van der Waals surface area contributed by atoms with Crippen molar-refractivity contribution in [2.75, 3.05) is 30.0 Å². The van der Waals surface area contributed by atoms with E-state index in [1.165, 1.54) is 0 Å². The van der Waals surface area contributed by atoms with E-state index >= 15 is 0 Å². The number of benzene rings is 1. The lowest BCUT2D eigenvalue weighted by atomic mass is 10.1. The van der Waals surface area contributed by atoms with Gasteiger partial charge in [-0.2, -0.15) is 0 Å². The number of aromatic nitrogens is 2. The van der Waals surface area contributed by atoms with Gasteiger partial charge in [-0.1, -0.05) is 0 Å². The molecule has 1 fully saturated rings. The number of hydrogen-bond acceptors (Lipinski definition) is 5. The Balaban J connectivity index is 1.74. The Hall–Kier alpha value is -2.84. The van der Waals surface area contributed by atoms with Gasteiger partial charge in [-0.3, -0.25) is 0 Å². The first-order valence-corrected chi connectivity index (χ1v) is 8.41. The minimum atomic E-state index is -2.71. The SMILES string of the molecule is CCNc1ccc2c(c1)OCCn1cc(N3C(=O)OC[C@H]3C(F)F)nc1-2. The smallest absolute Gasteiger partial charge is 0.416 e. The molecule has 0 bridgehead atoms. The maximum absolute atomic E-state index is 13.2. The molecule has 1 N–H and O–H groups in total. The molecule has 26 heavy (non-hydrogen) atoms. The molecule has 0 unspecified atom stereocenters. The zero-order valence-electron chi connectivity index (χ0n) is 14.1. The van der Waals surface area contributed by atoms with Crippen LogP contribution in [-0.4, -0.2) is 47.9 Å². The number of anilines is 2. The lowest BCUT2D eigenvalue weighted by molar-refractivity contribution is 0.104. The number of nitrogens with zero attached hydrogens (tertiary/aromatic N) is 3. The Labute approximate surface area is 148 Å². The molecule has 2 aliphatic rings. The molecule has 7 nitrogen and oxygen atoms in total. The van der Waals surface area contributed by atoms with E-state index in [0.717, 1.165) is 22.7 Å². The van der Waals surface area contributed by atoms with Gasteiger partial charge in [0.25, 0.3) is 6.43 Å². The Kier molecular flexibility index (Phi) is 4.14. The summed E-state index contributed by atoms with van der Waals surface area (Å²) < 4.78 is 38.8. The molecule has 9 heteroatoms. The Bertz CT molecular complexity index is 839. The normalized spacial score (nSPS) is 18.8. The van der Waals surface area contributed by atoms with E-state index in [1.807, 2.05) is 29.7 Å². The van der Waals surface area contributed by atoms with Crippen molar-refractivity contribution >= 4 is 17.6 Å². The van der Waals surface area contributed by atoms with Gasteiger partial charge in [-0.25, -0.2) is 23.5 Å². The number of halogens is 2. The number of alkyl halides is 2. The van der Waals surface area contributed by atoms with Crippen molar-refractivity contribution in [2.24, 2.45) is 0 Å². The maximum atomic E-state index is 13.2. The summed E-state index contributed by atoms with van der Waals surface area (Å²) in [6, 6.07) is 4.33. The minimum absolute atomic E-state index is 0.163. The Morgan fingerprint density at radius 3 is 3.00 bits per heavy atom. The molecule has 1 amide bonds. The third-order valence-electron chi connectivity index (χ3n) is 4.40. The van der Waals surface area contributed by atoms with Crippen molar-refractivity contribution in [1.82, 2.24) is 9.55 Å². The van der Waals surface area contributed by atoms with Gasteiger partial charge in [-0.15, -0.1) is 0 Å². The van der Waals surface area contributed by atoms with Crippen LogP contribution in [0, 0.1) is 0 Å². The molecule has 2 aliphatic heterocycles. The topological polar surface area (TPSA) is 68.6 Å². The van der Waals surface area contributed by atoms with Crippen LogP contribution < -0.4 is 15.0 Å². The van der Waals surface area contributed by atoms with Crippen LogP contribution in [0.2, 0.25) is 0 Å². The van der Waals surface area contributed by atoms with Crippen molar-refractivity contribution in [3.8, 4) is 17.1 Å². The highest BCUT2D eigenvalue weighted by Gasteiger charge is 2.42. The Morgan fingerprint density at radius 1 is 1.38 bits per heavy atom. The number of hydrogen-bond donors (Lipinski definition) is 1. The highest BCUT2D eigenvalue weighted by molar-refractivity contribution is 5.89. The van der Waals surface area contributed by atoms with Crippen LogP contribution in [0.4, 0.5) is 25.1 Å². The van der Waals surface area contributed by atoms with Crippen molar-refractivity contribution in [1.29, 1.82) is 0 Å². The number of carbonyl (C=O) groups is 1. The number of imidazole rings is 1. The van der Waals surface area contributed by atoms with E-state index in [9.17, 15) is 13.6 Å². The van der Waals surface area contributed by atoms with Crippen LogP contribution in [-0.2, 0) is 11.3 Å². The summed E-state index contributed by atoms with van der Waals surface area (Å²) in [6.45, 7) is 3.35. The fraction of sp³-hybridized carbons (Fsp3) is 0.412. The molecule has 0 saturated carbocycles. The van der Waals surface area contributed by atoms with E-state index in [1.54, 1.807) is 6.20 Å². The number of fused-ring (bicyclic) bond motifs is 3. The van der Waals surface area contributed by atoms with Gasteiger partial charge in [0.2, 0.25) is 0 Å². The number of amides is 1. The molecule has 1 aromatic carbocycles. The number of ether oxygens (including phenoxy) is 2. The van der Waals surface area contributed by atoms with Crippen LogP contribution in [0.1, 0.15) is 6.92 Å². The maximum Gasteiger partial charge on any atom is 0.416 e. The van der Waals surface area contributed by atoms with E-state index < -0.39 is 18.6 Å². The van der Waals surface area contributed by atoms with E-state index in [-0.39, 0.29) is 12.4 Å². The fourth-order valence-corrected chi connectivity index (χ4v) is 3.18. The average Bonchev–Trinajstić information content (AvgIpc) is 3.15. The van der Waals surface area contributed by atoms with Gasteiger partial charge in [0.05, 0.1) is 12.1 Å². The highest BCUT2D eigenvalue weighted by atomic mass is 19.3. The molecule has 1 saturated heterocycles. The van der Waals surface area contributed by atoms with E-state index in [2.05, 4.69) is 10.3 Å². The predicted molar refractivity (Wildman–Crippen MR) is 90.9 cm³/mol. The summed E-state index contributed by atoms with van der Waals surface area (Å²) in [5.74, 6) is 1.40. The zero-order chi connectivity index (χ0) is 18.3. The van der Waals surface area contributed by atoms with Gasteiger partial charge in [0.15, 0.2) is 5.82 Å². The second-order valence-corrected chi connectivity index (χ2v) is 6.05. The summed E-state index contributed by atoms with van der Waals surface area (Å²) in [5.41, 5.74) is 1.67. The molecule has 1 aromatic heterocycles. The molecule has 0 spiro atoms. The van der Waals surface area contributed by atoms with E-state index in [4.69, 9.17) is 9.47 Å². The quantitative estimate of drug-likeness (QED) is 0.903.